The SMILES string of the molecule is Clc1c(N(c2ccc(-c3ccccc3)cc2)c2ccc3c(c2)oc2cc(-c4ccccc4)ccc23)ccc2c1-c1ccccc1C21c2ccccc2-c2ccccc21. The van der Waals surface area contributed by atoms with Crippen LogP contribution in [0.3, 0.4) is 0 Å². The third kappa shape index (κ3) is 4.67. The van der Waals surface area contributed by atoms with Crippen molar-refractivity contribution >= 4 is 50.6 Å². The standard InChI is InChI=1S/C55H34ClNO/c56-54-50(32-31-49-53(54)45-19-9-12-22-48(45)55(49)46-20-10-7-17-41(46)42-18-8-11-21-47(42)55)57(39-26-23-37(24-27-39)35-13-3-1-4-14-35)40-28-30-44-43-29-25-38(36-15-5-2-6-16-36)33-51(43)58-52(44)34-40/h1-34H. The minimum Gasteiger partial charge on any atom is -0.456 e. The lowest BCUT2D eigenvalue weighted by Crippen LogP contribution is -2.25. The van der Waals surface area contributed by atoms with Crippen molar-refractivity contribution in [2.24, 2.45) is 0 Å². The molecule has 0 radical (unpaired) electrons. The lowest BCUT2D eigenvalue weighted by Gasteiger charge is -2.31. The van der Waals surface area contributed by atoms with Gasteiger partial charge in [0, 0.05) is 33.8 Å². The Labute approximate surface area is 341 Å². The normalized spacial score (nSPS) is 13.1. The molecule has 272 valence electrons. The van der Waals surface area contributed by atoms with E-state index in [2.05, 4.69) is 205 Å². The molecule has 0 atom stereocenters. The summed E-state index contributed by atoms with van der Waals surface area (Å²) in [6.07, 6.45) is 0. The van der Waals surface area contributed by atoms with Gasteiger partial charge in [-0.25, -0.2) is 0 Å². The number of rotatable bonds is 5. The molecule has 0 saturated carbocycles. The average Bonchev–Trinajstić information content (AvgIpc) is 3.92. The molecule has 0 amide bonds. The minimum absolute atomic E-state index is 0.477. The topological polar surface area (TPSA) is 16.4 Å². The van der Waals surface area contributed by atoms with Crippen molar-refractivity contribution in [1.82, 2.24) is 0 Å². The van der Waals surface area contributed by atoms with Gasteiger partial charge in [-0.15, -0.1) is 0 Å². The van der Waals surface area contributed by atoms with Gasteiger partial charge in [0.1, 0.15) is 11.2 Å². The highest BCUT2D eigenvalue weighted by Gasteiger charge is 2.52. The van der Waals surface area contributed by atoms with Crippen LogP contribution in [0.1, 0.15) is 22.3 Å². The van der Waals surface area contributed by atoms with Gasteiger partial charge in [-0.05, 0) is 104 Å². The third-order valence-electron chi connectivity index (χ3n) is 12.4. The van der Waals surface area contributed by atoms with Gasteiger partial charge in [0.2, 0.25) is 0 Å². The van der Waals surface area contributed by atoms with Crippen molar-refractivity contribution in [3.05, 3.63) is 234 Å². The summed E-state index contributed by atoms with van der Waals surface area (Å²) in [5, 5.41) is 2.88. The van der Waals surface area contributed by atoms with E-state index in [1.165, 1.54) is 38.9 Å². The Kier molecular flexibility index (Phi) is 7.23. The molecule has 9 aromatic carbocycles. The Bertz CT molecular complexity index is 3190. The van der Waals surface area contributed by atoms with E-state index >= 15 is 0 Å². The Morgan fingerprint density at radius 1 is 0.379 bits per heavy atom. The van der Waals surface area contributed by atoms with E-state index in [1.807, 2.05) is 6.07 Å². The van der Waals surface area contributed by atoms with E-state index in [4.69, 9.17) is 16.0 Å². The minimum atomic E-state index is -0.477. The number of benzene rings is 9. The molecule has 2 aliphatic rings. The van der Waals surface area contributed by atoms with Crippen molar-refractivity contribution in [3.63, 3.8) is 0 Å². The number of halogens is 1. The summed E-state index contributed by atoms with van der Waals surface area (Å²) < 4.78 is 6.68. The second kappa shape index (κ2) is 12.7. The first kappa shape index (κ1) is 33.1. The lowest BCUT2D eigenvalue weighted by molar-refractivity contribution is 0.669. The molecule has 2 aliphatic carbocycles. The largest absolute Gasteiger partial charge is 0.456 e. The maximum atomic E-state index is 7.91. The number of furan rings is 1. The summed E-state index contributed by atoms with van der Waals surface area (Å²) >= 11 is 7.91. The van der Waals surface area contributed by atoms with Gasteiger partial charge in [0.25, 0.3) is 0 Å². The van der Waals surface area contributed by atoms with Crippen LogP contribution in [0.15, 0.2) is 211 Å². The van der Waals surface area contributed by atoms with Crippen molar-refractivity contribution in [2.75, 3.05) is 4.90 Å². The van der Waals surface area contributed by atoms with E-state index in [1.54, 1.807) is 0 Å². The molecule has 2 nitrogen and oxygen atoms in total. The molecule has 0 bridgehead atoms. The van der Waals surface area contributed by atoms with Gasteiger partial charge in [-0.2, -0.15) is 0 Å². The fraction of sp³-hybridized carbons (Fsp3) is 0.0182. The van der Waals surface area contributed by atoms with Gasteiger partial charge in [0.05, 0.1) is 16.1 Å². The first-order chi connectivity index (χ1) is 28.7. The smallest absolute Gasteiger partial charge is 0.137 e. The third-order valence-corrected chi connectivity index (χ3v) is 12.8. The van der Waals surface area contributed by atoms with E-state index in [9.17, 15) is 0 Å². The van der Waals surface area contributed by atoms with Crippen molar-refractivity contribution in [3.8, 4) is 44.5 Å². The summed E-state index contributed by atoms with van der Waals surface area (Å²) in [6, 6.07) is 73.9. The molecule has 3 heteroatoms. The highest BCUT2D eigenvalue weighted by atomic mass is 35.5. The number of fused-ring (bicyclic) bond motifs is 13. The number of nitrogens with zero attached hydrogens (tertiary/aromatic N) is 1. The van der Waals surface area contributed by atoms with Gasteiger partial charge < -0.3 is 9.32 Å². The maximum absolute atomic E-state index is 7.91. The van der Waals surface area contributed by atoms with Crippen LogP contribution in [0.5, 0.6) is 0 Å². The summed E-state index contributed by atoms with van der Waals surface area (Å²) in [4.78, 5) is 2.28. The molecule has 0 N–H and O–H groups in total. The molecular formula is C55H34ClNO. The number of anilines is 3. The molecule has 0 fully saturated rings. The fourth-order valence-corrected chi connectivity index (χ4v) is 10.2. The maximum Gasteiger partial charge on any atom is 0.137 e. The number of hydrogen-bond acceptors (Lipinski definition) is 2. The monoisotopic (exact) mass is 759 g/mol. The quantitative estimate of drug-likeness (QED) is 0.174. The predicted molar refractivity (Wildman–Crippen MR) is 241 cm³/mol. The molecule has 58 heavy (non-hydrogen) atoms. The molecule has 1 aromatic heterocycles. The fourth-order valence-electron chi connectivity index (χ4n) is 9.88. The van der Waals surface area contributed by atoms with E-state index in [0.29, 0.717) is 5.02 Å². The Balaban J connectivity index is 1.07. The zero-order valence-electron chi connectivity index (χ0n) is 31.4. The molecule has 0 aliphatic heterocycles. The summed E-state index contributed by atoms with van der Waals surface area (Å²) in [5.41, 5.74) is 18.5. The summed E-state index contributed by atoms with van der Waals surface area (Å²) in [6.45, 7) is 0. The average molecular weight is 760 g/mol. The van der Waals surface area contributed by atoms with Gasteiger partial charge in [0.15, 0.2) is 0 Å². The van der Waals surface area contributed by atoms with Crippen LogP contribution in [-0.4, -0.2) is 0 Å². The van der Waals surface area contributed by atoms with Crippen LogP contribution in [0.4, 0.5) is 17.1 Å². The second-order valence-electron chi connectivity index (χ2n) is 15.3. The van der Waals surface area contributed by atoms with Gasteiger partial charge >= 0.3 is 0 Å². The van der Waals surface area contributed by atoms with Crippen LogP contribution in [0.2, 0.25) is 5.02 Å². The molecule has 1 heterocycles. The Hall–Kier alpha value is -7.13. The zero-order valence-corrected chi connectivity index (χ0v) is 32.1. The second-order valence-corrected chi connectivity index (χ2v) is 15.7. The first-order valence-electron chi connectivity index (χ1n) is 19.8. The van der Waals surface area contributed by atoms with Crippen LogP contribution in [0.25, 0.3) is 66.4 Å². The Morgan fingerprint density at radius 3 is 1.52 bits per heavy atom. The highest BCUT2D eigenvalue weighted by molar-refractivity contribution is 6.37. The first-order valence-corrected chi connectivity index (χ1v) is 20.2. The van der Waals surface area contributed by atoms with E-state index in [0.717, 1.165) is 66.8 Å². The molecule has 12 rings (SSSR count). The summed E-state index contributed by atoms with van der Waals surface area (Å²) in [7, 11) is 0. The number of hydrogen-bond donors (Lipinski definition) is 0. The van der Waals surface area contributed by atoms with Crippen LogP contribution >= 0.6 is 11.6 Å². The van der Waals surface area contributed by atoms with Crippen molar-refractivity contribution < 1.29 is 4.42 Å². The van der Waals surface area contributed by atoms with E-state index < -0.39 is 5.41 Å². The molecule has 0 unspecified atom stereocenters. The molecule has 0 saturated heterocycles. The van der Waals surface area contributed by atoms with Crippen LogP contribution in [0, 0.1) is 0 Å². The highest BCUT2D eigenvalue weighted by Crippen LogP contribution is 2.64. The lowest BCUT2D eigenvalue weighted by atomic mass is 9.70. The molecule has 10 aromatic rings. The summed E-state index contributed by atoms with van der Waals surface area (Å²) in [5.74, 6) is 0. The molecular weight excluding hydrogens is 726 g/mol. The van der Waals surface area contributed by atoms with Crippen molar-refractivity contribution in [2.45, 2.75) is 5.41 Å². The van der Waals surface area contributed by atoms with Crippen molar-refractivity contribution in [1.29, 1.82) is 0 Å². The van der Waals surface area contributed by atoms with E-state index in [-0.39, 0.29) is 0 Å². The van der Waals surface area contributed by atoms with Crippen LogP contribution < -0.4 is 4.90 Å². The Morgan fingerprint density at radius 2 is 0.862 bits per heavy atom. The zero-order chi connectivity index (χ0) is 38.4. The predicted octanol–water partition coefficient (Wildman–Crippen LogP) is 15.4. The van der Waals surface area contributed by atoms with Gasteiger partial charge in [-0.1, -0.05) is 169 Å². The van der Waals surface area contributed by atoms with Gasteiger partial charge in [-0.3, -0.25) is 0 Å². The molecule has 1 spiro atoms. The van der Waals surface area contributed by atoms with Crippen LogP contribution in [-0.2, 0) is 5.41 Å².